The van der Waals surface area contributed by atoms with Crippen molar-refractivity contribution in [2.75, 3.05) is 54.2 Å². The molecule has 6 aliphatic rings. The van der Waals surface area contributed by atoms with Crippen LogP contribution in [0.3, 0.4) is 0 Å². The first kappa shape index (κ1) is 83.8. The number of hydrogen-bond donors (Lipinski definition) is 3. The number of esters is 2. The summed E-state index contributed by atoms with van der Waals surface area (Å²) in [5.41, 5.74) is 6.25. The van der Waals surface area contributed by atoms with E-state index in [2.05, 4.69) is 36.4 Å². The molecule has 0 bridgehead atoms. The van der Waals surface area contributed by atoms with Crippen LogP contribution in [0.2, 0.25) is 0 Å². The Balaban J connectivity index is 0.000000184. The number of anilines is 3. The molecule has 9 unspecified atom stereocenters. The first-order chi connectivity index (χ1) is 51.9. The van der Waals surface area contributed by atoms with E-state index in [0.717, 1.165) is 137 Å². The topological polar surface area (TPSA) is 223 Å². The number of benzene rings is 6. The molecule has 6 aromatic rings. The number of rotatable bonds is 23. The number of aliphatic hydroxyl groups is 1. The van der Waals surface area contributed by atoms with E-state index in [-0.39, 0.29) is 118 Å². The Hall–Kier alpha value is -9.25. The van der Waals surface area contributed by atoms with Crippen molar-refractivity contribution in [1.29, 1.82) is 0 Å². The summed E-state index contributed by atoms with van der Waals surface area (Å²) in [5, 5.41) is 16.0. The molecule has 19 nitrogen and oxygen atoms in total. The highest BCUT2D eigenvalue weighted by atomic mass is 35.5. The van der Waals surface area contributed by atoms with Gasteiger partial charge in [-0.1, -0.05) is 73.9 Å². The van der Waals surface area contributed by atoms with Crippen molar-refractivity contribution in [1.82, 2.24) is 15.5 Å². The van der Waals surface area contributed by atoms with Gasteiger partial charge < -0.3 is 59.0 Å². The minimum Gasteiger partial charge on any atom is -0.466 e. The molecule has 9 atom stereocenters. The largest absolute Gasteiger partial charge is 0.573 e. The highest BCUT2D eigenvalue weighted by Gasteiger charge is 2.50. The predicted molar refractivity (Wildman–Crippen MR) is 389 cm³/mol. The van der Waals surface area contributed by atoms with Crippen LogP contribution < -0.4 is 39.5 Å². The molecule has 29 heteroatoms. The highest BCUT2D eigenvalue weighted by Crippen LogP contribution is 2.53. The Morgan fingerprint density at radius 1 is 0.440 bits per heavy atom. The number of halogens is 10. The Kier molecular flexibility index (Phi) is 29.5. The summed E-state index contributed by atoms with van der Waals surface area (Å²) in [6, 6.07) is 38.2. The van der Waals surface area contributed by atoms with Gasteiger partial charge in [-0.05, 0) is 221 Å². The van der Waals surface area contributed by atoms with E-state index in [1.165, 1.54) is 81.4 Å². The zero-order valence-corrected chi connectivity index (χ0v) is 61.6. The van der Waals surface area contributed by atoms with Crippen molar-refractivity contribution in [3.05, 3.63) is 179 Å². The van der Waals surface area contributed by atoms with Gasteiger partial charge in [0.2, 0.25) is 11.1 Å². The van der Waals surface area contributed by atoms with Gasteiger partial charge in [-0.25, -0.2) is 0 Å². The molecule has 0 radical (unpaired) electrons. The number of carbonyl (C=O) groups is 7. The fraction of sp³-hybridized carbons (Fsp3) is 0.463. The molecule has 109 heavy (non-hydrogen) atoms. The molecule has 3 fully saturated rings. The van der Waals surface area contributed by atoms with Crippen LogP contribution >= 0.6 is 11.6 Å². The van der Waals surface area contributed by atoms with E-state index in [9.17, 15) is 73.1 Å². The lowest BCUT2D eigenvalue weighted by atomic mass is 9.81. The maximum atomic E-state index is 13.8. The normalized spacial score (nSPS) is 20.7. The van der Waals surface area contributed by atoms with Gasteiger partial charge in [0.25, 0.3) is 17.7 Å². The standard InChI is InChI=1S/C28H31F3N2O5.C26H29F3N2O4.C24H27F3N2O3.C2H3ClO/c1-18(34)32(16-5-6-17-37-19(2)35)26-22-8-3-4-10-24(22)33(25-11-7-9-23(25)26)27(36)20-12-14-21(15-13-20)38-28(29,30)31;1-17(32)34-16-5-4-15-30-24-20-7-2-3-9-22(20)31(23-10-6-8-21(23)24)25(33)18-11-13-19(14-12-18)35-26(27,28)29;25-24(26,27)32-17-12-10-16(11-13-17)23(31)29-20-8-2-1-6-18(20)22(28-14-3-4-15-30)19-7-5-9-21(19)29;1-2(3)4/h3-4,8,10,12-15,23,25-26H,5-7,9,11,16-17H2,1-2H3;2-3,7,9,11-14,21,23-24,30H,4-6,8,10,15-16H2,1H3;1-2,6,8,10-13,19,21-22,28,30H,3-5,7,9,14-15H2;1H3. The lowest BCUT2D eigenvalue weighted by Crippen LogP contribution is -2.52. The van der Waals surface area contributed by atoms with Gasteiger partial charge in [0.15, 0.2) is 0 Å². The lowest BCUT2D eigenvalue weighted by molar-refractivity contribution is -0.275. The monoisotopic (exact) mass is 1550 g/mol. The molecule has 588 valence electrons. The van der Waals surface area contributed by atoms with Crippen LogP contribution in [0.5, 0.6) is 17.2 Å². The first-order valence-electron chi connectivity index (χ1n) is 36.6. The van der Waals surface area contributed by atoms with Crippen molar-refractivity contribution in [2.45, 2.75) is 179 Å². The van der Waals surface area contributed by atoms with Crippen LogP contribution in [-0.2, 0) is 28.7 Å². The molecule has 0 aromatic heterocycles. The fourth-order valence-corrected chi connectivity index (χ4v) is 15.9. The molecule has 3 aliphatic carbocycles. The summed E-state index contributed by atoms with van der Waals surface area (Å²) < 4.78 is 134. The van der Waals surface area contributed by atoms with Crippen molar-refractivity contribution >= 4 is 69.5 Å². The van der Waals surface area contributed by atoms with Gasteiger partial charge in [-0.15, -0.1) is 39.5 Å². The number of hydrogen-bond acceptors (Lipinski definition) is 15. The average Bonchev–Trinajstić information content (AvgIpc) is 1.72. The van der Waals surface area contributed by atoms with Crippen LogP contribution in [-0.4, -0.2) is 127 Å². The number of para-hydroxylation sites is 3. The van der Waals surface area contributed by atoms with Gasteiger partial charge in [-0.3, -0.25) is 33.6 Å². The molecule has 0 saturated heterocycles. The molecule has 4 amide bonds. The molecule has 0 spiro atoms. The zero-order chi connectivity index (χ0) is 78.7. The second kappa shape index (κ2) is 38.4. The maximum Gasteiger partial charge on any atom is 0.573 e. The first-order valence-corrected chi connectivity index (χ1v) is 36.9. The van der Waals surface area contributed by atoms with Crippen LogP contribution in [0.1, 0.15) is 190 Å². The fourth-order valence-electron chi connectivity index (χ4n) is 15.9. The molecule has 3 aliphatic heterocycles. The second-order valence-corrected chi connectivity index (χ2v) is 28.0. The average molecular weight is 1550 g/mol. The number of ether oxygens (including phenoxy) is 5. The third-order valence-corrected chi connectivity index (χ3v) is 20.1. The quantitative estimate of drug-likeness (QED) is 0.0235. The third-order valence-electron chi connectivity index (χ3n) is 20.1. The summed E-state index contributed by atoms with van der Waals surface area (Å²) in [6.45, 7) is 8.51. The molecular weight excluding hydrogens is 1460 g/mol. The van der Waals surface area contributed by atoms with Gasteiger partial charge in [0.1, 0.15) is 17.2 Å². The van der Waals surface area contributed by atoms with Gasteiger partial charge >= 0.3 is 31.0 Å². The van der Waals surface area contributed by atoms with Crippen molar-refractivity contribution in [2.24, 2.45) is 17.8 Å². The molecule has 3 N–H and O–H groups in total. The number of nitrogens with one attached hydrogen (secondary N) is 2. The molecule has 6 aromatic carbocycles. The van der Waals surface area contributed by atoms with Gasteiger partial charge in [0, 0.05) is 111 Å². The predicted octanol–water partition coefficient (Wildman–Crippen LogP) is 16.6. The van der Waals surface area contributed by atoms with E-state index in [1.54, 1.807) is 11.8 Å². The number of nitrogens with zero attached hydrogens (tertiary/aromatic N) is 4. The number of carbonyl (C=O) groups excluding carboxylic acids is 7. The summed E-state index contributed by atoms with van der Waals surface area (Å²) >= 11 is 4.64. The smallest absolute Gasteiger partial charge is 0.466 e. The highest BCUT2D eigenvalue weighted by molar-refractivity contribution is 6.62. The number of alkyl halides is 9. The number of unbranched alkanes of at least 4 members (excludes halogenated alkanes) is 3. The number of fused-ring (bicyclic) bond motifs is 6. The van der Waals surface area contributed by atoms with E-state index < -0.39 is 24.8 Å². The van der Waals surface area contributed by atoms with E-state index in [4.69, 9.17) is 14.6 Å². The SMILES string of the molecule is CC(=O)Cl.CC(=O)OCCCCN(C(C)=O)C1c2ccccc2N(C(=O)c2ccc(OC(F)(F)F)cc2)C2CCCC12.CC(=O)OCCCCNC1c2ccccc2N(C(=O)c2ccc(OC(F)(F)F)cc2)C2CCCC12.O=C(c1ccc(OC(F)(F)F)cc1)N1c2ccccc2C(NCCCCO)C2CCCC21. The Labute approximate surface area is 631 Å². The van der Waals surface area contributed by atoms with Crippen molar-refractivity contribution in [3.63, 3.8) is 0 Å². The minimum atomic E-state index is -4.81. The number of aliphatic hydroxyl groups excluding tert-OH is 1. The zero-order valence-electron chi connectivity index (χ0n) is 60.8. The number of amides is 4. The van der Waals surface area contributed by atoms with E-state index in [1.807, 2.05) is 87.5 Å². The summed E-state index contributed by atoms with van der Waals surface area (Å²) in [4.78, 5) is 92.2. The van der Waals surface area contributed by atoms with E-state index >= 15 is 0 Å². The lowest BCUT2D eigenvalue weighted by Gasteiger charge is -2.47. The van der Waals surface area contributed by atoms with Crippen molar-refractivity contribution in [3.8, 4) is 17.2 Å². The van der Waals surface area contributed by atoms with Crippen LogP contribution in [0.15, 0.2) is 146 Å². The third kappa shape index (κ3) is 22.7. The van der Waals surface area contributed by atoms with Crippen LogP contribution in [0.4, 0.5) is 56.6 Å². The van der Waals surface area contributed by atoms with Gasteiger partial charge in [-0.2, -0.15) is 0 Å². The van der Waals surface area contributed by atoms with E-state index in [0.29, 0.717) is 49.4 Å². The Morgan fingerprint density at radius 3 is 1.11 bits per heavy atom. The molecule has 3 heterocycles. The maximum absolute atomic E-state index is 13.8. The summed E-state index contributed by atoms with van der Waals surface area (Å²) in [6.07, 6.45) is -1.60. The Bertz CT molecular complexity index is 4060. The summed E-state index contributed by atoms with van der Waals surface area (Å²) in [7, 11) is 0. The van der Waals surface area contributed by atoms with Gasteiger partial charge in [0.05, 0.1) is 19.3 Å². The summed E-state index contributed by atoms with van der Waals surface area (Å²) in [5.74, 6) is -2.02. The molecule has 12 rings (SSSR count). The van der Waals surface area contributed by atoms with Crippen molar-refractivity contribution < 1.29 is 102 Å². The molecular formula is C80H90ClF9N6O13. The second-order valence-electron chi connectivity index (χ2n) is 27.4. The molecule has 3 saturated carbocycles. The minimum absolute atomic E-state index is 0.00190. The van der Waals surface area contributed by atoms with Crippen LogP contribution in [0.25, 0.3) is 0 Å². The Morgan fingerprint density at radius 2 is 0.761 bits per heavy atom. The van der Waals surface area contributed by atoms with Crippen LogP contribution in [0, 0.1) is 17.8 Å².